The Bertz CT molecular complexity index is 324. The van der Waals surface area contributed by atoms with Crippen molar-refractivity contribution in [3.05, 3.63) is 6.92 Å². The first-order valence-electron chi connectivity index (χ1n) is 4.35. The molecule has 0 nitrogen and oxygen atoms in total. The van der Waals surface area contributed by atoms with Crippen molar-refractivity contribution in [2.45, 2.75) is 36.8 Å². The third-order valence-electron chi connectivity index (χ3n) is 2.18. The van der Waals surface area contributed by atoms with Crippen molar-refractivity contribution in [1.82, 2.24) is 0 Å². The molecule has 0 spiro atoms. The smallest absolute Gasteiger partial charge is 0.199 e. The van der Waals surface area contributed by atoms with Crippen LogP contribution in [-0.4, -0.2) is 29.9 Å². The van der Waals surface area contributed by atoms with E-state index in [1.165, 1.54) is 0 Å². The normalized spacial score (nSPS) is 16.1. The average Bonchev–Trinajstić information content (AvgIpc) is 2.14. The molecule has 0 saturated carbocycles. The van der Waals surface area contributed by atoms with Crippen molar-refractivity contribution in [3.63, 3.8) is 0 Å². The molecule has 0 aromatic carbocycles. The zero-order valence-corrected chi connectivity index (χ0v) is 8.94. The van der Waals surface area contributed by atoms with Crippen LogP contribution in [0.15, 0.2) is 0 Å². The van der Waals surface area contributed by atoms with E-state index in [0.717, 1.165) is 0 Å². The van der Waals surface area contributed by atoms with Gasteiger partial charge < -0.3 is 0 Å². The minimum Gasteiger partial charge on any atom is -0.199 e. The predicted molar refractivity (Wildman–Crippen MR) is 40.4 cm³/mol. The van der Waals surface area contributed by atoms with Crippen LogP contribution >= 0.6 is 0 Å². The second-order valence-corrected chi connectivity index (χ2v) is 3.74. The minimum atomic E-state index is -7.34. The number of hydrogen-bond donors (Lipinski definition) is 0. The SMILES string of the molecule is [CH2]C(C)C(F)(F)C(F)(F)C(F)(F)C(F)(F)C(F)(F)F. The van der Waals surface area contributed by atoms with Crippen LogP contribution in [0.25, 0.3) is 0 Å². The van der Waals surface area contributed by atoms with Gasteiger partial charge in [-0.1, -0.05) is 6.92 Å². The molecule has 0 N–H and O–H groups in total. The fourth-order valence-electron chi connectivity index (χ4n) is 0.894. The molecule has 0 saturated heterocycles. The Hall–Kier alpha value is -0.770. The molecule has 1 atom stereocenters. The van der Waals surface area contributed by atoms with Gasteiger partial charge in [0.15, 0.2) is 0 Å². The number of hydrogen-bond acceptors (Lipinski definition) is 0. The molecule has 0 bridgehead atoms. The summed E-state index contributed by atoms with van der Waals surface area (Å²) in [6.07, 6.45) is -7.12. The van der Waals surface area contributed by atoms with Gasteiger partial charge in [0.05, 0.1) is 0 Å². The van der Waals surface area contributed by atoms with E-state index in [9.17, 15) is 48.3 Å². The zero-order chi connectivity index (χ0) is 16.1. The molecule has 0 amide bonds. The Morgan fingerprint density at radius 1 is 0.632 bits per heavy atom. The molecule has 0 aliphatic heterocycles. The minimum absolute atomic E-state index is 0.162. The van der Waals surface area contributed by atoms with E-state index in [4.69, 9.17) is 0 Å². The van der Waals surface area contributed by atoms with Crippen LogP contribution in [0.2, 0.25) is 0 Å². The Kier molecular flexibility index (Phi) is 4.19. The van der Waals surface area contributed by atoms with Gasteiger partial charge in [-0.3, -0.25) is 0 Å². The fraction of sp³-hybridized carbons (Fsp3) is 0.875. The van der Waals surface area contributed by atoms with Gasteiger partial charge in [0.25, 0.3) is 0 Å². The summed E-state index contributed by atoms with van der Waals surface area (Å²) >= 11 is 0. The van der Waals surface area contributed by atoms with E-state index in [1.807, 2.05) is 0 Å². The first kappa shape index (κ1) is 18.2. The van der Waals surface area contributed by atoms with Gasteiger partial charge in [-0.15, -0.1) is 0 Å². The van der Waals surface area contributed by atoms with E-state index in [1.54, 1.807) is 0 Å². The Labute approximate surface area is 99.1 Å². The van der Waals surface area contributed by atoms with Crippen molar-refractivity contribution >= 4 is 0 Å². The van der Waals surface area contributed by atoms with Crippen molar-refractivity contribution in [2.75, 3.05) is 0 Å². The average molecular weight is 311 g/mol. The van der Waals surface area contributed by atoms with Crippen molar-refractivity contribution < 1.29 is 48.3 Å². The molecule has 0 aromatic heterocycles. The fourth-order valence-corrected chi connectivity index (χ4v) is 0.894. The molecule has 115 valence electrons. The summed E-state index contributed by atoms with van der Waals surface area (Å²) < 4.78 is 136. The molecule has 0 aliphatic carbocycles. The molecule has 0 heterocycles. The maximum Gasteiger partial charge on any atom is 0.460 e. The first-order chi connectivity index (χ1) is 7.94. The summed E-state index contributed by atoms with van der Waals surface area (Å²) in [5, 5.41) is 0. The molecular weight excluding hydrogens is 305 g/mol. The highest BCUT2D eigenvalue weighted by molar-refractivity contribution is 5.07. The largest absolute Gasteiger partial charge is 0.460 e. The van der Waals surface area contributed by atoms with Crippen molar-refractivity contribution in [3.8, 4) is 0 Å². The van der Waals surface area contributed by atoms with Crippen LogP contribution in [0.4, 0.5) is 48.3 Å². The van der Waals surface area contributed by atoms with Gasteiger partial charge in [-0.25, -0.2) is 0 Å². The highest BCUT2D eigenvalue weighted by Crippen LogP contribution is 2.58. The summed E-state index contributed by atoms with van der Waals surface area (Å²) in [5.74, 6) is -30.3. The van der Waals surface area contributed by atoms with E-state index >= 15 is 0 Å². The first-order valence-corrected chi connectivity index (χ1v) is 4.35. The molecule has 1 unspecified atom stereocenters. The van der Waals surface area contributed by atoms with Crippen LogP contribution in [0, 0.1) is 12.8 Å². The summed E-state index contributed by atoms with van der Waals surface area (Å²) in [7, 11) is 0. The van der Waals surface area contributed by atoms with Crippen LogP contribution in [0.3, 0.4) is 0 Å². The van der Waals surface area contributed by atoms with Crippen LogP contribution in [0.1, 0.15) is 6.92 Å². The molecule has 1 radical (unpaired) electrons. The van der Waals surface area contributed by atoms with Gasteiger partial charge in [0.1, 0.15) is 0 Å². The van der Waals surface area contributed by atoms with Gasteiger partial charge in [0, 0.05) is 5.92 Å². The molecule has 0 fully saturated rings. The Balaban J connectivity index is 5.92. The monoisotopic (exact) mass is 311 g/mol. The van der Waals surface area contributed by atoms with Crippen molar-refractivity contribution in [2.24, 2.45) is 5.92 Å². The van der Waals surface area contributed by atoms with E-state index in [0.29, 0.717) is 0 Å². The maximum atomic E-state index is 12.7. The van der Waals surface area contributed by atoms with Gasteiger partial charge in [-0.05, 0) is 6.92 Å². The summed E-state index contributed by atoms with van der Waals surface area (Å²) in [4.78, 5) is 0. The molecule has 0 aliphatic rings. The topological polar surface area (TPSA) is 0 Å². The van der Waals surface area contributed by atoms with E-state index in [2.05, 4.69) is 6.92 Å². The van der Waals surface area contributed by atoms with E-state index in [-0.39, 0.29) is 6.92 Å². The van der Waals surface area contributed by atoms with Crippen LogP contribution in [-0.2, 0) is 0 Å². The quantitative estimate of drug-likeness (QED) is 0.668. The third kappa shape index (κ3) is 2.35. The number of rotatable bonds is 4. The number of alkyl halides is 11. The summed E-state index contributed by atoms with van der Waals surface area (Å²) in [5.41, 5.74) is 0. The second-order valence-electron chi connectivity index (χ2n) is 3.74. The van der Waals surface area contributed by atoms with Crippen LogP contribution < -0.4 is 0 Å². The van der Waals surface area contributed by atoms with Gasteiger partial charge >= 0.3 is 29.9 Å². The number of halogens is 11. The summed E-state index contributed by atoms with van der Waals surface area (Å²) in [6.45, 7) is 2.41. The van der Waals surface area contributed by atoms with Crippen molar-refractivity contribution in [1.29, 1.82) is 0 Å². The molecular formula is C8H6F11. The zero-order valence-electron chi connectivity index (χ0n) is 8.94. The standard InChI is InChI=1S/C8H6F11/c1-3(2)4(9,10)5(11,12)6(13,14)7(15,16)8(17,18)19/h3H,1H2,2H3. The lowest BCUT2D eigenvalue weighted by Gasteiger charge is -2.38. The predicted octanol–water partition coefficient (Wildman–Crippen LogP) is 4.56. The molecule has 0 aromatic rings. The lowest BCUT2D eigenvalue weighted by atomic mass is 9.91. The van der Waals surface area contributed by atoms with Gasteiger partial charge in [0.2, 0.25) is 0 Å². The second kappa shape index (κ2) is 4.37. The molecule has 11 heteroatoms. The Morgan fingerprint density at radius 2 is 0.947 bits per heavy atom. The van der Waals surface area contributed by atoms with E-state index < -0.39 is 35.8 Å². The lowest BCUT2D eigenvalue weighted by Crippen LogP contribution is -2.67. The maximum absolute atomic E-state index is 12.7. The lowest BCUT2D eigenvalue weighted by molar-refractivity contribution is -0.425. The molecule has 19 heavy (non-hydrogen) atoms. The Morgan fingerprint density at radius 3 is 1.16 bits per heavy atom. The molecule has 0 rings (SSSR count). The third-order valence-corrected chi connectivity index (χ3v) is 2.18. The van der Waals surface area contributed by atoms with Crippen LogP contribution in [0.5, 0.6) is 0 Å². The van der Waals surface area contributed by atoms with Gasteiger partial charge in [-0.2, -0.15) is 48.3 Å². The highest BCUT2D eigenvalue weighted by atomic mass is 19.4. The summed E-state index contributed by atoms with van der Waals surface area (Å²) in [6, 6.07) is 0. The highest BCUT2D eigenvalue weighted by Gasteiger charge is 2.87.